The minimum atomic E-state index is -0.228. The molecule has 2 aliphatic heterocycles. The Hall–Kier alpha value is -2.22. The number of nitrogens with one attached hydrogen (secondary N) is 1. The highest BCUT2D eigenvalue weighted by Crippen LogP contribution is 2.57. The fourth-order valence-electron chi connectivity index (χ4n) is 4.82. The average molecular weight is 380 g/mol. The number of aromatic nitrogens is 2. The van der Waals surface area contributed by atoms with Gasteiger partial charge in [-0.3, -0.25) is 9.47 Å². The molecule has 1 aromatic heterocycles. The fraction of sp³-hybridized carbons (Fsp3) is 0.524. The largest absolute Gasteiger partial charge is 0.354 e. The Kier molecular flexibility index (Phi) is 4.45. The SMILES string of the molecule is NCC12CC1CN(Cc1ccc(-n3ccc(N4CCNCC4)nc3=O)cc1)C2. The van der Waals surface area contributed by atoms with Crippen LogP contribution in [0.3, 0.4) is 0 Å². The van der Waals surface area contributed by atoms with Gasteiger partial charge in [0, 0.05) is 52.0 Å². The minimum Gasteiger partial charge on any atom is -0.354 e. The maximum absolute atomic E-state index is 12.5. The van der Waals surface area contributed by atoms with Gasteiger partial charge in [-0.05, 0) is 48.1 Å². The van der Waals surface area contributed by atoms with E-state index in [-0.39, 0.29) is 5.69 Å². The lowest BCUT2D eigenvalue weighted by Crippen LogP contribution is -2.44. The normalized spacial score (nSPS) is 27.0. The number of fused-ring (bicyclic) bond motifs is 1. The molecule has 2 aromatic rings. The van der Waals surface area contributed by atoms with Gasteiger partial charge in [0.2, 0.25) is 0 Å². The van der Waals surface area contributed by atoms with Crippen LogP contribution in [0.1, 0.15) is 12.0 Å². The van der Waals surface area contributed by atoms with Crippen molar-refractivity contribution in [2.45, 2.75) is 13.0 Å². The van der Waals surface area contributed by atoms with E-state index in [1.165, 1.54) is 12.0 Å². The van der Waals surface area contributed by atoms with Crippen LogP contribution in [0.25, 0.3) is 5.69 Å². The molecule has 1 aromatic carbocycles. The summed E-state index contributed by atoms with van der Waals surface area (Å²) in [7, 11) is 0. The molecule has 1 saturated carbocycles. The van der Waals surface area contributed by atoms with E-state index in [1.807, 2.05) is 24.4 Å². The van der Waals surface area contributed by atoms with Gasteiger partial charge in [0.05, 0.1) is 5.69 Å². The van der Waals surface area contributed by atoms with E-state index in [4.69, 9.17) is 5.73 Å². The summed E-state index contributed by atoms with van der Waals surface area (Å²) in [5.41, 5.74) is 8.26. The maximum Gasteiger partial charge on any atom is 0.354 e. The van der Waals surface area contributed by atoms with E-state index in [2.05, 4.69) is 32.2 Å². The molecule has 28 heavy (non-hydrogen) atoms. The Morgan fingerprint density at radius 3 is 2.64 bits per heavy atom. The second-order valence-corrected chi connectivity index (χ2v) is 8.48. The number of anilines is 1. The molecule has 0 radical (unpaired) electrons. The molecule has 148 valence electrons. The molecule has 5 rings (SSSR count). The van der Waals surface area contributed by atoms with Crippen LogP contribution in [-0.2, 0) is 6.54 Å². The first-order valence-corrected chi connectivity index (χ1v) is 10.2. The lowest BCUT2D eigenvalue weighted by molar-refractivity contribution is 0.274. The van der Waals surface area contributed by atoms with Gasteiger partial charge < -0.3 is 16.0 Å². The first-order valence-electron chi connectivity index (χ1n) is 10.2. The molecule has 3 N–H and O–H groups in total. The fourth-order valence-corrected chi connectivity index (χ4v) is 4.82. The predicted molar refractivity (Wildman–Crippen MR) is 110 cm³/mol. The van der Waals surface area contributed by atoms with Gasteiger partial charge in [-0.25, -0.2) is 4.79 Å². The third kappa shape index (κ3) is 3.23. The highest BCUT2D eigenvalue weighted by molar-refractivity contribution is 5.40. The van der Waals surface area contributed by atoms with Crippen LogP contribution in [0, 0.1) is 11.3 Å². The van der Waals surface area contributed by atoms with Gasteiger partial charge in [-0.1, -0.05) is 12.1 Å². The minimum absolute atomic E-state index is 0.228. The van der Waals surface area contributed by atoms with Crippen molar-refractivity contribution in [1.82, 2.24) is 19.8 Å². The van der Waals surface area contributed by atoms with Gasteiger partial charge in [-0.15, -0.1) is 0 Å². The van der Waals surface area contributed by atoms with Crippen molar-refractivity contribution >= 4 is 5.82 Å². The molecule has 3 aliphatic rings. The van der Waals surface area contributed by atoms with Crippen LogP contribution in [0.15, 0.2) is 41.3 Å². The predicted octanol–water partition coefficient (Wildman–Crippen LogP) is 0.423. The monoisotopic (exact) mass is 380 g/mol. The number of piperazine rings is 1. The number of nitrogens with two attached hydrogens (primary N) is 1. The zero-order valence-electron chi connectivity index (χ0n) is 16.2. The molecule has 2 atom stereocenters. The number of likely N-dealkylation sites (tertiary alicyclic amines) is 1. The summed E-state index contributed by atoms with van der Waals surface area (Å²) >= 11 is 0. The van der Waals surface area contributed by atoms with Crippen molar-refractivity contribution in [2.75, 3.05) is 50.7 Å². The van der Waals surface area contributed by atoms with Crippen molar-refractivity contribution in [3.63, 3.8) is 0 Å². The first-order chi connectivity index (χ1) is 13.7. The summed E-state index contributed by atoms with van der Waals surface area (Å²) in [4.78, 5) is 21.5. The lowest BCUT2D eigenvalue weighted by atomic mass is 10.1. The molecular weight excluding hydrogens is 352 g/mol. The van der Waals surface area contributed by atoms with Gasteiger partial charge in [0.25, 0.3) is 0 Å². The summed E-state index contributed by atoms with van der Waals surface area (Å²) in [5, 5.41) is 3.31. The zero-order chi connectivity index (χ0) is 19.1. The highest BCUT2D eigenvalue weighted by atomic mass is 16.1. The number of nitrogens with zero attached hydrogens (tertiary/aromatic N) is 4. The van der Waals surface area contributed by atoms with Crippen molar-refractivity contribution in [3.05, 3.63) is 52.6 Å². The van der Waals surface area contributed by atoms with Crippen LogP contribution >= 0.6 is 0 Å². The van der Waals surface area contributed by atoms with Crippen LogP contribution in [0.2, 0.25) is 0 Å². The average Bonchev–Trinajstić information content (AvgIpc) is 3.30. The molecule has 3 heterocycles. The second kappa shape index (κ2) is 6.99. The molecule has 7 heteroatoms. The van der Waals surface area contributed by atoms with E-state index >= 15 is 0 Å². The number of rotatable bonds is 5. The third-order valence-electron chi connectivity index (χ3n) is 6.63. The van der Waals surface area contributed by atoms with Crippen LogP contribution in [-0.4, -0.2) is 60.3 Å². The molecule has 0 amide bonds. The van der Waals surface area contributed by atoms with Gasteiger partial charge in [-0.2, -0.15) is 4.98 Å². The van der Waals surface area contributed by atoms with Crippen molar-refractivity contribution in [1.29, 1.82) is 0 Å². The van der Waals surface area contributed by atoms with E-state index in [9.17, 15) is 4.79 Å². The van der Waals surface area contributed by atoms with E-state index < -0.39 is 0 Å². The summed E-state index contributed by atoms with van der Waals surface area (Å²) in [5.74, 6) is 1.57. The molecule has 2 unspecified atom stereocenters. The van der Waals surface area contributed by atoms with E-state index in [1.54, 1.807) is 4.57 Å². The smallest absolute Gasteiger partial charge is 0.354 e. The van der Waals surface area contributed by atoms with Crippen LogP contribution in [0.5, 0.6) is 0 Å². The summed E-state index contributed by atoms with van der Waals surface area (Å²) < 4.78 is 1.62. The summed E-state index contributed by atoms with van der Waals surface area (Å²) in [6, 6.07) is 10.2. The number of piperidine rings is 1. The number of hydrogen-bond acceptors (Lipinski definition) is 6. The van der Waals surface area contributed by atoms with Gasteiger partial charge >= 0.3 is 5.69 Å². The molecule has 7 nitrogen and oxygen atoms in total. The van der Waals surface area contributed by atoms with Crippen LogP contribution < -0.4 is 21.6 Å². The zero-order valence-corrected chi connectivity index (χ0v) is 16.2. The Morgan fingerprint density at radius 1 is 1.18 bits per heavy atom. The molecule has 2 saturated heterocycles. The van der Waals surface area contributed by atoms with Crippen molar-refractivity contribution < 1.29 is 0 Å². The Labute approximate surface area is 165 Å². The highest BCUT2D eigenvalue weighted by Gasteiger charge is 2.58. The van der Waals surface area contributed by atoms with Gasteiger partial charge in [0.1, 0.15) is 5.82 Å². The Morgan fingerprint density at radius 2 is 1.96 bits per heavy atom. The Balaban J connectivity index is 1.27. The molecule has 0 bridgehead atoms. The van der Waals surface area contributed by atoms with Crippen molar-refractivity contribution in [3.8, 4) is 5.69 Å². The maximum atomic E-state index is 12.5. The standard InChI is InChI=1S/C21H28N6O/c22-14-21-11-17(21)13-25(15-21)12-16-1-3-18(4-2-16)27-8-5-19(24-20(27)28)26-9-6-23-7-10-26/h1-5,8,17,23H,6-7,9-15,22H2. The quantitative estimate of drug-likeness (QED) is 0.783. The first kappa shape index (κ1) is 17.8. The topological polar surface area (TPSA) is 79.4 Å². The summed E-state index contributed by atoms with van der Waals surface area (Å²) in [6.45, 7) is 7.66. The Bertz CT molecular complexity index is 900. The third-order valence-corrected chi connectivity index (χ3v) is 6.63. The second-order valence-electron chi connectivity index (χ2n) is 8.48. The van der Waals surface area contributed by atoms with Crippen molar-refractivity contribution in [2.24, 2.45) is 17.1 Å². The number of benzene rings is 1. The van der Waals surface area contributed by atoms with Gasteiger partial charge in [0.15, 0.2) is 0 Å². The number of hydrogen-bond donors (Lipinski definition) is 2. The molecule has 1 aliphatic carbocycles. The van der Waals surface area contributed by atoms with E-state index in [0.29, 0.717) is 5.41 Å². The van der Waals surface area contributed by atoms with Crippen LogP contribution in [0.4, 0.5) is 5.82 Å². The van der Waals surface area contributed by atoms with E-state index in [0.717, 1.165) is 69.8 Å². The molecule has 3 fully saturated rings. The summed E-state index contributed by atoms with van der Waals surface area (Å²) in [6.07, 6.45) is 3.14. The molecular formula is C21H28N6O. The lowest BCUT2D eigenvalue weighted by Gasteiger charge is -2.28. The molecule has 0 spiro atoms.